The minimum absolute atomic E-state index is 0.457. The molecule has 0 bridgehead atoms. The molecule has 5 heteroatoms. The largest absolute Gasteiger partial charge is 0.372 e. The minimum atomic E-state index is 0.457. The van der Waals surface area contributed by atoms with E-state index in [1.807, 2.05) is 36.4 Å². The highest BCUT2D eigenvalue weighted by Crippen LogP contribution is 2.24. The number of hydrogen-bond donors (Lipinski definition) is 0. The van der Waals surface area contributed by atoms with Crippen molar-refractivity contribution in [2.75, 3.05) is 0 Å². The van der Waals surface area contributed by atoms with E-state index >= 15 is 0 Å². The molecular formula is C14H10Br2Cl2O. The second-order valence-electron chi connectivity index (χ2n) is 3.96. The predicted molar refractivity (Wildman–Crippen MR) is 86.8 cm³/mol. The van der Waals surface area contributed by atoms with Crippen molar-refractivity contribution in [3.8, 4) is 0 Å². The van der Waals surface area contributed by atoms with Crippen LogP contribution in [0.5, 0.6) is 0 Å². The topological polar surface area (TPSA) is 9.23 Å². The maximum Gasteiger partial charge on any atom is 0.0735 e. The van der Waals surface area contributed by atoms with E-state index in [1.54, 1.807) is 0 Å². The van der Waals surface area contributed by atoms with Crippen molar-refractivity contribution in [3.63, 3.8) is 0 Å². The van der Waals surface area contributed by atoms with Gasteiger partial charge in [0.25, 0.3) is 0 Å². The van der Waals surface area contributed by atoms with Crippen LogP contribution in [0.4, 0.5) is 0 Å². The quantitative estimate of drug-likeness (QED) is 0.564. The Bertz CT molecular complexity index is 536. The number of rotatable bonds is 4. The normalized spacial score (nSPS) is 10.7. The van der Waals surface area contributed by atoms with Crippen molar-refractivity contribution in [1.29, 1.82) is 0 Å². The van der Waals surface area contributed by atoms with Gasteiger partial charge in [-0.3, -0.25) is 0 Å². The second kappa shape index (κ2) is 7.09. The highest BCUT2D eigenvalue weighted by Gasteiger charge is 2.04. The van der Waals surface area contributed by atoms with Gasteiger partial charge in [0, 0.05) is 19.0 Å². The molecule has 0 saturated heterocycles. The molecule has 0 aliphatic carbocycles. The van der Waals surface area contributed by atoms with Gasteiger partial charge in [0.2, 0.25) is 0 Å². The van der Waals surface area contributed by atoms with Gasteiger partial charge < -0.3 is 4.74 Å². The fraction of sp³-hybridized carbons (Fsp3) is 0.143. The van der Waals surface area contributed by atoms with Gasteiger partial charge in [0.15, 0.2) is 0 Å². The highest BCUT2D eigenvalue weighted by molar-refractivity contribution is 9.10. The van der Waals surface area contributed by atoms with Crippen molar-refractivity contribution >= 4 is 55.1 Å². The second-order valence-corrected chi connectivity index (χ2v) is 6.61. The zero-order valence-corrected chi connectivity index (χ0v) is 14.5. The molecule has 0 aliphatic heterocycles. The van der Waals surface area contributed by atoms with Crippen LogP contribution in [0.25, 0.3) is 0 Å². The average Bonchev–Trinajstić information content (AvgIpc) is 2.34. The van der Waals surface area contributed by atoms with E-state index in [4.69, 9.17) is 27.9 Å². The van der Waals surface area contributed by atoms with Gasteiger partial charge in [-0.05, 0) is 35.4 Å². The summed E-state index contributed by atoms with van der Waals surface area (Å²) >= 11 is 19.0. The lowest BCUT2D eigenvalue weighted by Crippen LogP contribution is -1.95. The van der Waals surface area contributed by atoms with Gasteiger partial charge in [0.1, 0.15) is 0 Å². The summed E-state index contributed by atoms with van der Waals surface area (Å²) in [4.78, 5) is 0. The Hall–Kier alpha value is -0.0600. The van der Waals surface area contributed by atoms with Gasteiger partial charge in [-0.25, -0.2) is 0 Å². The molecule has 2 aromatic carbocycles. The minimum Gasteiger partial charge on any atom is -0.372 e. The van der Waals surface area contributed by atoms with Crippen LogP contribution in [0.2, 0.25) is 10.0 Å². The van der Waals surface area contributed by atoms with E-state index in [0.29, 0.717) is 23.3 Å². The lowest BCUT2D eigenvalue weighted by molar-refractivity contribution is 0.107. The molecule has 0 radical (unpaired) electrons. The zero-order chi connectivity index (χ0) is 13.8. The van der Waals surface area contributed by atoms with Crippen LogP contribution in [0.3, 0.4) is 0 Å². The molecule has 0 N–H and O–H groups in total. The first-order valence-electron chi connectivity index (χ1n) is 5.52. The smallest absolute Gasteiger partial charge is 0.0735 e. The average molecular weight is 425 g/mol. The monoisotopic (exact) mass is 422 g/mol. The lowest BCUT2D eigenvalue weighted by atomic mass is 10.2. The Kier molecular flexibility index (Phi) is 5.72. The van der Waals surface area contributed by atoms with E-state index in [9.17, 15) is 0 Å². The van der Waals surface area contributed by atoms with Gasteiger partial charge >= 0.3 is 0 Å². The Morgan fingerprint density at radius 2 is 1.21 bits per heavy atom. The van der Waals surface area contributed by atoms with Gasteiger partial charge in [-0.15, -0.1) is 0 Å². The van der Waals surface area contributed by atoms with Crippen LogP contribution in [0.1, 0.15) is 11.1 Å². The SMILES string of the molecule is Clc1cc(Br)ccc1COCc1ccc(Br)cc1Cl. The molecule has 2 aromatic rings. The first kappa shape index (κ1) is 15.3. The molecule has 0 amide bonds. The van der Waals surface area contributed by atoms with E-state index in [1.165, 1.54) is 0 Å². The van der Waals surface area contributed by atoms with Crippen LogP contribution in [-0.2, 0) is 18.0 Å². The summed E-state index contributed by atoms with van der Waals surface area (Å²) in [5.41, 5.74) is 1.91. The third kappa shape index (κ3) is 4.47. The molecule has 19 heavy (non-hydrogen) atoms. The summed E-state index contributed by atoms with van der Waals surface area (Å²) < 4.78 is 7.56. The molecule has 0 heterocycles. The molecule has 0 aromatic heterocycles. The Morgan fingerprint density at radius 1 is 0.789 bits per heavy atom. The van der Waals surface area contributed by atoms with Crippen molar-refractivity contribution in [2.45, 2.75) is 13.2 Å². The first-order chi connectivity index (χ1) is 9.06. The van der Waals surface area contributed by atoms with Crippen molar-refractivity contribution in [2.24, 2.45) is 0 Å². The summed E-state index contributed by atoms with van der Waals surface area (Å²) in [6.45, 7) is 0.914. The molecule has 0 spiro atoms. The van der Waals surface area contributed by atoms with Gasteiger partial charge in [-0.2, -0.15) is 0 Å². The van der Waals surface area contributed by atoms with Gasteiger partial charge in [0.05, 0.1) is 13.2 Å². The number of benzene rings is 2. The molecule has 0 unspecified atom stereocenters. The summed E-state index contributed by atoms with van der Waals surface area (Å²) in [7, 11) is 0. The fourth-order valence-electron chi connectivity index (χ4n) is 1.55. The Morgan fingerprint density at radius 3 is 1.58 bits per heavy atom. The summed E-state index contributed by atoms with van der Waals surface area (Å²) in [5.74, 6) is 0. The highest BCUT2D eigenvalue weighted by atomic mass is 79.9. The van der Waals surface area contributed by atoms with Crippen LogP contribution >= 0.6 is 55.1 Å². The third-order valence-electron chi connectivity index (χ3n) is 2.55. The third-order valence-corrected chi connectivity index (χ3v) is 4.24. The van der Waals surface area contributed by atoms with Crippen molar-refractivity contribution in [1.82, 2.24) is 0 Å². The summed E-state index contributed by atoms with van der Waals surface area (Å²) in [5, 5.41) is 1.38. The summed E-state index contributed by atoms with van der Waals surface area (Å²) in [6, 6.07) is 11.5. The lowest BCUT2D eigenvalue weighted by Gasteiger charge is -2.08. The maximum atomic E-state index is 6.12. The Labute approximate surface area is 139 Å². The van der Waals surface area contributed by atoms with Crippen LogP contribution in [0, 0.1) is 0 Å². The molecule has 0 aliphatic rings. The molecule has 1 nitrogen and oxygen atoms in total. The van der Waals surface area contributed by atoms with Crippen molar-refractivity contribution in [3.05, 3.63) is 66.5 Å². The molecule has 0 saturated carbocycles. The predicted octanol–water partition coefficient (Wildman–Crippen LogP) is 6.24. The molecular weight excluding hydrogens is 415 g/mol. The van der Waals surface area contributed by atoms with E-state index < -0.39 is 0 Å². The summed E-state index contributed by atoms with van der Waals surface area (Å²) in [6.07, 6.45) is 0. The molecule has 0 atom stereocenters. The number of hydrogen-bond acceptors (Lipinski definition) is 1. The van der Waals surface area contributed by atoms with Crippen LogP contribution < -0.4 is 0 Å². The molecule has 0 fully saturated rings. The molecule has 2 rings (SSSR count). The van der Waals surface area contributed by atoms with E-state index in [-0.39, 0.29) is 0 Å². The number of ether oxygens (including phenoxy) is 1. The standard InChI is InChI=1S/C14H10Br2Cl2O/c15-11-3-1-9(13(17)5-11)7-19-8-10-2-4-12(16)6-14(10)18/h1-6H,7-8H2. The number of halogens is 4. The maximum absolute atomic E-state index is 6.12. The van der Waals surface area contributed by atoms with Crippen LogP contribution in [0.15, 0.2) is 45.3 Å². The first-order valence-corrected chi connectivity index (χ1v) is 7.86. The Balaban J connectivity index is 1.96. The van der Waals surface area contributed by atoms with Gasteiger partial charge in [-0.1, -0.05) is 67.2 Å². The fourth-order valence-corrected chi connectivity index (χ4v) is 3.00. The molecule has 100 valence electrons. The van der Waals surface area contributed by atoms with Crippen molar-refractivity contribution < 1.29 is 4.74 Å². The van der Waals surface area contributed by atoms with E-state index in [2.05, 4.69) is 31.9 Å². The van der Waals surface area contributed by atoms with E-state index in [0.717, 1.165) is 20.1 Å². The van der Waals surface area contributed by atoms with Crippen LogP contribution in [-0.4, -0.2) is 0 Å². The zero-order valence-electron chi connectivity index (χ0n) is 9.80.